The van der Waals surface area contributed by atoms with Crippen LogP contribution in [-0.4, -0.2) is 30.4 Å². The molecule has 1 rings (SSSR count). The summed E-state index contributed by atoms with van der Waals surface area (Å²) in [7, 11) is 0. The van der Waals surface area contributed by atoms with Gasteiger partial charge in [0.25, 0.3) is 0 Å². The number of hydrogen-bond donors (Lipinski definition) is 1. The van der Waals surface area contributed by atoms with Crippen LogP contribution in [0.15, 0.2) is 0 Å². The summed E-state index contributed by atoms with van der Waals surface area (Å²) < 4.78 is 0. The average molecular weight is 141 g/mol. The van der Waals surface area contributed by atoms with Crippen LogP contribution in [0.5, 0.6) is 0 Å². The number of nitrogens with one attached hydrogen (secondary N) is 1. The van der Waals surface area contributed by atoms with Crippen LogP contribution in [-0.2, 0) is 14.4 Å². The van der Waals surface area contributed by atoms with Crippen LogP contribution in [0.3, 0.4) is 0 Å². The molecule has 0 aromatic heterocycles. The number of carbonyl (C=O) groups excluding carboxylic acids is 3. The molecular weight excluding hydrogens is 134 g/mol. The molecule has 4 heteroatoms. The highest BCUT2D eigenvalue weighted by molar-refractivity contribution is 6.33. The molecule has 1 N–H and O–H groups in total. The standard InChI is InChI=1S/C6H7NO3/c8-3-5(10)6-4(9)1-2-7-6/h3,6-7H,1-2H2. The lowest BCUT2D eigenvalue weighted by Crippen LogP contribution is -2.36. The maximum Gasteiger partial charge on any atom is 0.219 e. The summed E-state index contributed by atoms with van der Waals surface area (Å²) in [5.41, 5.74) is 0. The molecule has 0 aromatic carbocycles. The van der Waals surface area contributed by atoms with Crippen LogP contribution >= 0.6 is 0 Å². The fourth-order valence-corrected chi connectivity index (χ4v) is 0.925. The summed E-state index contributed by atoms with van der Waals surface area (Å²) in [6, 6.07) is -0.850. The zero-order valence-corrected chi connectivity index (χ0v) is 5.29. The van der Waals surface area contributed by atoms with E-state index in [1.807, 2.05) is 0 Å². The quantitative estimate of drug-likeness (QED) is 0.294. The molecule has 1 atom stereocenters. The SMILES string of the molecule is O=CC(=O)C1NCCC1=O. The topological polar surface area (TPSA) is 63.2 Å². The molecular formula is C6H7NO3. The van der Waals surface area contributed by atoms with E-state index in [4.69, 9.17) is 0 Å². The number of hydrogen-bond acceptors (Lipinski definition) is 4. The van der Waals surface area contributed by atoms with Crippen LogP contribution in [0.1, 0.15) is 6.42 Å². The minimum atomic E-state index is -0.850. The highest BCUT2D eigenvalue weighted by atomic mass is 16.2. The van der Waals surface area contributed by atoms with Crippen molar-refractivity contribution in [1.82, 2.24) is 5.32 Å². The first kappa shape index (κ1) is 7.08. The molecule has 0 aromatic rings. The number of ketones is 2. The van der Waals surface area contributed by atoms with Crippen molar-refractivity contribution >= 4 is 17.9 Å². The molecule has 0 amide bonds. The molecule has 54 valence electrons. The second kappa shape index (κ2) is 2.70. The van der Waals surface area contributed by atoms with Crippen molar-refractivity contribution in [3.63, 3.8) is 0 Å². The van der Waals surface area contributed by atoms with Gasteiger partial charge in [0.05, 0.1) is 0 Å². The van der Waals surface area contributed by atoms with Gasteiger partial charge in [0, 0.05) is 13.0 Å². The zero-order chi connectivity index (χ0) is 7.56. The van der Waals surface area contributed by atoms with Gasteiger partial charge in [-0.15, -0.1) is 0 Å². The van der Waals surface area contributed by atoms with Gasteiger partial charge >= 0.3 is 0 Å². The summed E-state index contributed by atoms with van der Waals surface area (Å²) >= 11 is 0. The van der Waals surface area contributed by atoms with Gasteiger partial charge in [0.15, 0.2) is 12.1 Å². The van der Waals surface area contributed by atoms with E-state index in [-0.39, 0.29) is 12.1 Å². The summed E-state index contributed by atoms with van der Waals surface area (Å²) in [6.07, 6.45) is 0.533. The molecule has 0 bridgehead atoms. The Bertz CT molecular complexity index is 187. The Morgan fingerprint density at radius 3 is 2.80 bits per heavy atom. The van der Waals surface area contributed by atoms with Crippen molar-refractivity contribution in [2.75, 3.05) is 6.54 Å². The van der Waals surface area contributed by atoms with Crippen LogP contribution in [0.4, 0.5) is 0 Å². The van der Waals surface area contributed by atoms with Crippen LogP contribution < -0.4 is 5.32 Å². The van der Waals surface area contributed by atoms with Crippen LogP contribution in [0.25, 0.3) is 0 Å². The summed E-state index contributed by atoms with van der Waals surface area (Å²) in [5, 5.41) is 2.63. The van der Waals surface area contributed by atoms with Gasteiger partial charge in [-0.1, -0.05) is 0 Å². The Kier molecular flexibility index (Phi) is 1.91. The molecule has 1 saturated heterocycles. The monoisotopic (exact) mass is 141 g/mol. The van der Waals surface area contributed by atoms with Crippen molar-refractivity contribution in [1.29, 1.82) is 0 Å². The third kappa shape index (κ3) is 1.11. The molecule has 1 heterocycles. The number of rotatable bonds is 2. The Balaban J connectivity index is 2.63. The maximum absolute atomic E-state index is 10.7. The Morgan fingerprint density at radius 2 is 2.40 bits per heavy atom. The van der Waals surface area contributed by atoms with Crippen LogP contribution in [0, 0.1) is 0 Å². The predicted octanol–water partition coefficient (Wildman–Crippen LogP) is -1.31. The van der Waals surface area contributed by atoms with Crippen molar-refractivity contribution in [2.45, 2.75) is 12.5 Å². The first-order valence-corrected chi connectivity index (χ1v) is 3.01. The van der Waals surface area contributed by atoms with Crippen LogP contribution in [0.2, 0.25) is 0 Å². The molecule has 1 aliphatic rings. The van der Waals surface area contributed by atoms with Gasteiger partial charge in [-0.3, -0.25) is 14.4 Å². The van der Waals surface area contributed by atoms with Crippen molar-refractivity contribution in [2.24, 2.45) is 0 Å². The molecule has 0 spiro atoms. The lowest BCUT2D eigenvalue weighted by atomic mass is 10.1. The largest absolute Gasteiger partial charge is 0.300 e. The molecule has 1 unspecified atom stereocenters. The fraction of sp³-hybridized carbons (Fsp3) is 0.500. The molecule has 1 aliphatic heterocycles. The first-order valence-electron chi connectivity index (χ1n) is 3.01. The maximum atomic E-state index is 10.7. The number of Topliss-reactive ketones (excluding diaryl/α,β-unsaturated/α-hetero) is 2. The average Bonchev–Trinajstić information content (AvgIpc) is 2.34. The minimum Gasteiger partial charge on any atom is -0.300 e. The van der Waals surface area contributed by atoms with Gasteiger partial charge in [0.1, 0.15) is 6.04 Å². The molecule has 4 nitrogen and oxygen atoms in total. The smallest absolute Gasteiger partial charge is 0.219 e. The van der Waals surface area contributed by atoms with Gasteiger partial charge in [-0.25, -0.2) is 0 Å². The Morgan fingerprint density at radius 1 is 1.70 bits per heavy atom. The minimum absolute atomic E-state index is 0.181. The Hall–Kier alpha value is -1.03. The summed E-state index contributed by atoms with van der Waals surface area (Å²) in [5.74, 6) is -0.848. The highest BCUT2D eigenvalue weighted by Gasteiger charge is 2.29. The van der Waals surface area contributed by atoms with E-state index in [9.17, 15) is 14.4 Å². The van der Waals surface area contributed by atoms with Crippen molar-refractivity contribution in [3.8, 4) is 0 Å². The van der Waals surface area contributed by atoms with E-state index in [0.29, 0.717) is 13.0 Å². The van der Waals surface area contributed by atoms with Gasteiger partial charge in [0.2, 0.25) is 5.78 Å². The summed E-state index contributed by atoms with van der Waals surface area (Å²) in [6.45, 7) is 0.503. The predicted molar refractivity (Wildman–Crippen MR) is 32.5 cm³/mol. The summed E-state index contributed by atoms with van der Waals surface area (Å²) in [4.78, 5) is 31.2. The molecule has 0 radical (unpaired) electrons. The third-order valence-corrected chi connectivity index (χ3v) is 1.44. The molecule has 0 aliphatic carbocycles. The van der Waals surface area contributed by atoms with E-state index in [1.54, 1.807) is 0 Å². The van der Waals surface area contributed by atoms with E-state index in [1.165, 1.54) is 0 Å². The normalized spacial score (nSPS) is 24.8. The number of carbonyl (C=O) groups is 3. The molecule has 1 fully saturated rings. The second-order valence-electron chi connectivity index (χ2n) is 2.12. The zero-order valence-electron chi connectivity index (χ0n) is 5.29. The third-order valence-electron chi connectivity index (χ3n) is 1.44. The van der Waals surface area contributed by atoms with Gasteiger partial charge < -0.3 is 5.32 Å². The second-order valence-corrected chi connectivity index (χ2v) is 2.12. The van der Waals surface area contributed by atoms with Crippen molar-refractivity contribution in [3.05, 3.63) is 0 Å². The Labute approximate surface area is 57.6 Å². The molecule has 0 saturated carbocycles. The van der Waals surface area contributed by atoms with Crippen molar-refractivity contribution < 1.29 is 14.4 Å². The fourth-order valence-electron chi connectivity index (χ4n) is 0.925. The lowest BCUT2D eigenvalue weighted by molar-refractivity contribution is -0.134. The van der Waals surface area contributed by atoms with E-state index < -0.39 is 11.8 Å². The van der Waals surface area contributed by atoms with E-state index in [0.717, 1.165) is 0 Å². The number of aldehydes is 1. The highest BCUT2D eigenvalue weighted by Crippen LogP contribution is 1.99. The van der Waals surface area contributed by atoms with Gasteiger partial charge in [-0.05, 0) is 0 Å². The van der Waals surface area contributed by atoms with E-state index in [2.05, 4.69) is 5.32 Å². The lowest BCUT2D eigenvalue weighted by Gasteiger charge is -1.99. The van der Waals surface area contributed by atoms with Gasteiger partial charge in [-0.2, -0.15) is 0 Å². The first-order chi connectivity index (χ1) is 4.75. The molecule has 10 heavy (non-hydrogen) atoms. The van der Waals surface area contributed by atoms with E-state index >= 15 is 0 Å².